The number of hydrogen-bond acceptors (Lipinski definition) is 5. The minimum absolute atomic E-state index is 0.494. The van der Waals surface area contributed by atoms with Crippen LogP contribution < -0.4 is 15.0 Å². The van der Waals surface area contributed by atoms with Gasteiger partial charge < -0.3 is 15.0 Å². The Labute approximate surface area is 121 Å². The van der Waals surface area contributed by atoms with Gasteiger partial charge in [-0.05, 0) is 32.1 Å². The first-order chi connectivity index (χ1) is 9.67. The van der Waals surface area contributed by atoms with Gasteiger partial charge in [0.1, 0.15) is 6.33 Å². The lowest BCUT2D eigenvalue weighted by molar-refractivity contribution is 0.373. The number of hydrogen-bond donors (Lipinski definition) is 1. The van der Waals surface area contributed by atoms with E-state index in [2.05, 4.69) is 41.0 Å². The van der Waals surface area contributed by atoms with Crippen LogP contribution in [0.4, 0.5) is 11.6 Å². The molecule has 2 rings (SSSR count). The van der Waals surface area contributed by atoms with Crippen LogP contribution in [-0.2, 0) is 0 Å². The van der Waals surface area contributed by atoms with E-state index in [4.69, 9.17) is 4.74 Å². The maximum absolute atomic E-state index is 5.58. The van der Waals surface area contributed by atoms with E-state index in [0.29, 0.717) is 12.0 Å². The zero-order valence-electron chi connectivity index (χ0n) is 13.0. The number of nitrogens with one attached hydrogen (secondary N) is 1. The van der Waals surface area contributed by atoms with Crippen LogP contribution >= 0.6 is 0 Å². The summed E-state index contributed by atoms with van der Waals surface area (Å²) in [6, 6.07) is 0.494. The highest BCUT2D eigenvalue weighted by atomic mass is 16.5. The van der Waals surface area contributed by atoms with Crippen LogP contribution in [-0.4, -0.2) is 36.2 Å². The zero-order valence-corrected chi connectivity index (χ0v) is 13.0. The number of methoxy groups -OCH3 is 1. The van der Waals surface area contributed by atoms with Gasteiger partial charge in [0.05, 0.1) is 7.11 Å². The Morgan fingerprint density at radius 2 is 2.15 bits per heavy atom. The van der Waals surface area contributed by atoms with E-state index in [1.54, 1.807) is 13.4 Å². The fraction of sp³-hybridized carbons (Fsp3) is 0.733. The smallest absolute Gasteiger partial charge is 0.204 e. The van der Waals surface area contributed by atoms with Gasteiger partial charge in [-0.25, -0.2) is 9.97 Å². The van der Waals surface area contributed by atoms with Gasteiger partial charge in [-0.2, -0.15) is 0 Å². The standard InChI is InChI=1S/C15H26N4O/c1-5-8-16-14-13(20-4)15(18-10-17-14)19-9-11(2)6-7-12(19)3/h10-12H,5-9H2,1-4H3,(H,16,17,18). The highest BCUT2D eigenvalue weighted by Gasteiger charge is 2.27. The van der Waals surface area contributed by atoms with Crippen molar-refractivity contribution >= 4 is 11.6 Å². The zero-order chi connectivity index (χ0) is 14.5. The van der Waals surface area contributed by atoms with Gasteiger partial charge in [0.25, 0.3) is 0 Å². The normalized spacial score (nSPS) is 22.7. The third-order valence-corrected chi connectivity index (χ3v) is 3.92. The number of piperidine rings is 1. The molecule has 1 N–H and O–H groups in total. The van der Waals surface area contributed by atoms with E-state index < -0.39 is 0 Å². The summed E-state index contributed by atoms with van der Waals surface area (Å²) in [5, 5.41) is 3.32. The molecule has 0 bridgehead atoms. The molecule has 0 aromatic carbocycles. The maximum Gasteiger partial charge on any atom is 0.204 e. The van der Waals surface area contributed by atoms with Gasteiger partial charge in [0.15, 0.2) is 11.6 Å². The SMILES string of the molecule is CCCNc1ncnc(N2CC(C)CCC2C)c1OC. The van der Waals surface area contributed by atoms with Crippen molar-refractivity contribution in [3.63, 3.8) is 0 Å². The first-order valence-electron chi connectivity index (χ1n) is 7.56. The number of rotatable bonds is 5. The lowest BCUT2D eigenvalue weighted by atomic mass is 9.95. The van der Waals surface area contributed by atoms with Gasteiger partial charge in [-0.1, -0.05) is 13.8 Å². The van der Waals surface area contributed by atoms with Crippen LogP contribution in [0.5, 0.6) is 5.75 Å². The van der Waals surface area contributed by atoms with Crippen LogP contribution in [0, 0.1) is 5.92 Å². The Bertz CT molecular complexity index is 438. The van der Waals surface area contributed by atoms with Crippen molar-refractivity contribution in [3.05, 3.63) is 6.33 Å². The van der Waals surface area contributed by atoms with E-state index in [1.807, 2.05) is 0 Å². The number of ether oxygens (including phenoxy) is 1. The molecule has 1 aromatic heterocycles. The topological polar surface area (TPSA) is 50.3 Å². The highest BCUT2D eigenvalue weighted by Crippen LogP contribution is 2.36. The average molecular weight is 278 g/mol. The first kappa shape index (κ1) is 14.9. The van der Waals surface area contributed by atoms with Gasteiger partial charge in [-0.3, -0.25) is 0 Å². The molecule has 5 nitrogen and oxygen atoms in total. The Kier molecular flexibility index (Phi) is 5.04. The Balaban J connectivity index is 2.29. The molecule has 2 atom stereocenters. The molecule has 0 amide bonds. The predicted molar refractivity (Wildman–Crippen MR) is 82.6 cm³/mol. The summed E-state index contributed by atoms with van der Waals surface area (Å²) in [4.78, 5) is 11.1. The largest absolute Gasteiger partial charge is 0.490 e. The Morgan fingerprint density at radius 3 is 2.85 bits per heavy atom. The first-order valence-corrected chi connectivity index (χ1v) is 7.56. The van der Waals surface area contributed by atoms with E-state index in [-0.39, 0.29) is 0 Å². The minimum Gasteiger partial charge on any atom is -0.490 e. The van der Waals surface area contributed by atoms with Crippen LogP contribution in [0.3, 0.4) is 0 Å². The Morgan fingerprint density at radius 1 is 1.35 bits per heavy atom. The summed E-state index contributed by atoms with van der Waals surface area (Å²) in [5.41, 5.74) is 0. The minimum atomic E-state index is 0.494. The third-order valence-electron chi connectivity index (χ3n) is 3.92. The molecular weight excluding hydrogens is 252 g/mol. The maximum atomic E-state index is 5.58. The predicted octanol–water partition coefficient (Wildman–Crippen LogP) is 2.93. The lowest BCUT2D eigenvalue weighted by Crippen LogP contribution is -2.41. The number of nitrogens with zero attached hydrogens (tertiary/aromatic N) is 3. The summed E-state index contributed by atoms with van der Waals surface area (Å²) in [5.74, 6) is 3.17. The molecule has 0 aliphatic carbocycles. The molecule has 20 heavy (non-hydrogen) atoms. The summed E-state index contributed by atoms with van der Waals surface area (Å²) in [6.45, 7) is 8.60. The van der Waals surface area contributed by atoms with E-state index in [9.17, 15) is 0 Å². The second-order valence-corrected chi connectivity index (χ2v) is 5.69. The lowest BCUT2D eigenvalue weighted by Gasteiger charge is -2.38. The molecule has 1 saturated heterocycles. The van der Waals surface area contributed by atoms with Crippen molar-refractivity contribution in [1.82, 2.24) is 9.97 Å². The molecule has 1 fully saturated rings. The molecule has 2 heterocycles. The molecule has 0 spiro atoms. The molecular formula is C15H26N4O. The monoisotopic (exact) mass is 278 g/mol. The summed E-state index contributed by atoms with van der Waals surface area (Å²) >= 11 is 0. The van der Waals surface area contributed by atoms with Crippen LogP contribution in [0.25, 0.3) is 0 Å². The van der Waals surface area contributed by atoms with E-state index in [1.165, 1.54) is 12.8 Å². The van der Waals surface area contributed by atoms with Crippen LogP contribution in [0.1, 0.15) is 40.0 Å². The van der Waals surface area contributed by atoms with Gasteiger partial charge >= 0.3 is 0 Å². The van der Waals surface area contributed by atoms with Gasteiger partial charge in [0, 0.05) is 19.1 Å². The fourth-order valence-corrected chi connectivity index (χ4v) is 2.71. The summed E-state index contributed by atoms with van der Waals surface area (Å²) in [7, 11) is 1.69. The fourth-order valence-electron chi connectivity index (χ4n) is 2.71. The Hall–Kier alpha value is -1.52. The van der Waals surface area contributed by atoms with Gasteiger partial charge in [-0.15, -0.1) is 0 Å². The summed E-state index contributed by atoms with van der Waals surface area (Å²) < 4.78 is 5.58. The third kappa shape index (κ3) is 3.14. The van der Waals surface area contributed by atoms with Crippen molar-refractivity contribution in [3.8, 4) is 5.75 Å². The van der Waals surface area contributed by atoms with Gasteiger partial charge in [0.2, 0.25) is 5.75 Å². The molecule has 112 valence electrons. The quantitative estimate of drug-likeness (QED) is 0.897. The molecule has 1 aromatic rings. The second kappa shape index (κ2) is 6.77. The number of aromatic nitrogens is 2. The van der Waals surface area contributed by atoms with Crippen molar-refractivity contribution in [2.45, 2.75) is 46.1 Å². The van der Waals surface area contributed by atoms with Crippen LogP contribution in [0.15, 0.2) is 6.33 Å². The van der Waals surface area contributed by atoms with Crippen molar-refractivity contribution in [1.29, 1.82) is 0 Å². The molecule has 2 unspecified atom stereocenters. The average Bonchev–Trinajstić information content (AvgIpc) is 2.47. The molecule has 0 saturated carbocycles. The molecule has 1 aliphatic rings. The van der Waals surface area contributed by atoms with E-state index >= 15 is 0 Å². The van der Waals surface area contributed by atoms with Crippen molar-refractivity contribution in [2.24, 2.45) is 5.92 Å². The summed E-state index contributed by atoms with van der Waals surface area (Å²) in [6.07, 6.45) is 5.17. The van der Waals surface area contributed by atoms with Crippen molar-refractivity contribution < 1.29 is 4.74 Å². The molecule has 1 aliphatic heterocycles. The van der Waals surface area contributed by atoms with E-state index in [0.717, 1.165) is 36.9 Å². The molecule has 5 heteroatoms. The van der Waals surface area contributed by atoms with Crippen LogP contribution in [0.2, 0.25) is 0 Å². The second-order valence-electron chi connectivity index (χ2n) is 5.69. The number of anilines is 2. The van der Waals surface area contributed by atoms with Crippen molar-refractivity contribution in [2.75, 3.05) is 30.4 Å². The molecule has 0 radical (unpaired) electrons. The highest BCUT2D eigenvalue weighted by molar-refractivity contribution is 5.65.